The molecule has 0 unspecified atom stereocenters. The van der Waals surface area contributed by atoms with Crippen molar-refractivity contribution >= 4 is 0 Å². The van der Waals surface area contributed by atoms with Crippen molar-refractivity contribution in [3.05, 3.63) is 18.0 Å². The Balaban J connectivity index is 2.59. The van der Waals surface area contributed by atoms with Gasteiger partial charge in [0.15, 0.2) is 0 Å². The third kappa shape index (κ3) is 5.30. The normalized spacial score (nSPS) is 12.4. The van der Waals surface area contributed by atoms with Crippen molar-refractivity contribution < 1.29 is 5.11 Å². The van der Waals surface area contributed by atoms with Crippen LogP contribution in [0, 0.1) is 0 Å². The first-order valence-electron chi connectivity index (χ1n) is 6.08. The Kier molecular flexibility index (Phi) is 5.11. The number of aryl methyl sites for hydroxylation is 1. The molecule has 5 nitrogen and oxygen atoms in total. The Morgan fingerprint density at radius 1 is 1.53 bits per heavy atom. The molecule has 98 valence electrons. The molecule has 0 spiro atoms. The molecule has 0 saturated carbocycles. The molecular weight excluding hydrogens is 216 g/mol. The zero-order valence-corrected chi connectivity index (χ0v) is 11.1. The molecule has 0 fully saturated rings. The smallest absolute Gasteiger partial charge is 0.0558 e. The molecule has 1 rings (SSSR count). The van der Waals surface area contributed by atoms with Gasteiger partial charge in [-0.15, -0.1) is 0 Å². The molecule has 0 aliphatic heterocycles. The van der Waals surface area contributed by atoms with Crippen LogP contribution in [0.3, 0.4) is 0 Å². The lowest BCUT2D eigenvalue weighted by Gasteiger charge is -2.28. The van der Waals surface area contributed by atoms with Gasteiger partial charge in [0.05, 0.1) is 12.8 Å². The molecule has 1 aromatic heterocycles. The molecule has 0 saturated heterocycles. The minimum atomic E-state index is -0.254. The Bertz CT molecular complexity index is 329. The zero-order valence-electron chi connectivity index (χ0n) is 11.1. The molecule has 0 radical (unpaired) electrons. The van der Waals surface area contributed by atoms with Crippen molar-refractivity contribution in [2.45, 2.75) is 39.4 Å². The Morgan fingerprint density at radius 2 is 2.24 bits per heavy atom. The fraction of sp³-hybridized carbons (Fsp3) is 0.750. The number of nitrogens with zero attached hydrogens (tertiary/aromatic N) is 3. The van der Waals surface area contributed by atoms with Crippen LogP contribution in [0.4, 0.5) is 0 Å². The summed E-state index contributed by atoms with van der Waals surface area (Å²) in [4.78, 5) is 2.15. The van der Waals surface area contributed by atoms with Crippen LogP contribution in [-0.2, 0) is 13.1 Å². The van der Waals surface area contributed by atoms with Gasteiger partial charge in [0.25, 0.3) is 0 Å². The van der Waals surface area contributed by atoms with E-state index in [9.17, 15) is 0 Å². The number of hydrogen-bond acceptors (Lipinski definition) is 4. The Hall–Kier alpha value is -0.910. The van der Waals surface area contributed by atoms with Gasteiger partial charge in [-0.2, -0.15) is 5.10 Å². The van der Waals surface area contributed by atoms with Crippen molar-refractivity contribution in [3.63, 3.8) is 0 Å². The van der Waals surface area contributed by atoms with Crippen LogP contribution >= 0.6 is 0 Å². The lowest BCUT2D eigenvalue weighted by atomic mass is 10.1. The molecule has 17 heavy (non-hydrogen) atoms. The van der Waals surface area contributed by atoms with E-state index in [0.717, 1.165) is 25.2 Å². The van der Waals surface area contributed by atoms with Gasteiger partial charge in [-0.3, -0.25) is 9.58 Å². The van der Waals surface area contributed by atoms with Gasteiger partial charge in [-0.1, -0.05) is 0 Å². The van der Waals surface area contributed by atoms with E-state index in [1.165, 1.54) is 0 Å². The standard InChI is InChI=1S/C12H24N4O/c1-4-16-9-11(7-14-16)8-15(5-6-17)10-12(2,3)13/h7,9,17H,4-6,8,10,13H2,1-3H3. The van der Waals surface area contributed by atoms with Gasteiger partial charge >= 0.3 is 0 Å². The molecular formula is C12H24N4O. The van der Waals surface area contributed by atoms with Crippen LogP contribution in [0.5, 0.6) is 0 Å². The summed E-state index contributed by atoms with van der Waals surface area (Å²) in [6, 6.07) is 0. The van der Waals surface area contributed by atoms with E-state index in [1.807, 2.05) is 30.9 Å². The number of aliphatic hydroxyl groups is 1. The first kappa shape index (κ1) is 14.2. The van der Waals surface area contributed by atoms with Crippen LogP contribution in [0.2, 0.25) is 0 Å². The van der Waals surface area contributed by atoms with Crippen molar-refractivity contribution in [2.24, 2.45) is 5.73 Å². The second-order valence-corrected chi connectivity index (χ2v) is 5.13. The SMILES string of the molecule is CCn1cc(CN(CCO)CC(C)(C)N)cn1. The van der Waals surface area contributed by atoms with Crippen LogP contribution < -0.4 is 5.73 Å². The summed E-state index contributed by atoms with van der Waals surface area (Å²) in [5, 5.41) is 13.3. The molecule has 1 heterocycles. The third-order valence-electron chi connectivity index (χ3n) is 2.46. The summed E-state index contributed by atoms with van der Waals surface area (Å²) < 4.78 is 1.90. The lowest BCUT2D eigenvalue weighted by Crippen LogP contribution is -2.45. The molecule has 5 heteroatoms. The van der Waals surface area contributed by atoms with Gasteiger partial charge in [-0.05, 0) is 20.8 Å². The second-order valence-electron chi connectivity index (χ2n) is 5.13. The van der Waals surface area contributed by atoms with Crippen LogP contribution in [0.25, 0.3) is 0 Å². The predicted octanol–water partition coefficient (Wildman–Crippen LogP) is 0.435. The topological polar surface area (TPSA) is 67.3 Å². The van der Waals surface area contributed by atoms with E-state index in [0.29, 0.717) is 6.54 Å². The zero-order chi connectivity index (χ0) is 12.9. The third-order valence-corrected chi connectivity index (χ3v) is 2.46. The van der Waals surface area contributed by atoms with Crippen LogP contribution in [0.15, 0.2) is 12.4 Å². The highest BCUT2D eigenvalue weighted by Gasteiger charge is 2.17. The highest BCUT2D eigenvalue weighted by atomic mass is 16.3. The summed E-state index contributed by atoms with van der Waals surface area (Å²) in [6.07, 6.45) is 3.91. The quantitative estimate of drug-likeness (QED) is 0.725. The van der Waals surface area contributed by atoms with Crippen LogP contribution in [0.1, 0.15) is 26.3 Å². The highest BCUT2D eigenvalue weighted by Crippen LogP contribution is 2.07. The number of aliphatic hydroxyl groups excluding tert-OH is 1. The Labute approximate surface area is 103 Å². The van der Waals surface area contributed by atoms with E-state index in [2.05, 4.69) is 16.9 Å². The minimum Gasteiger partial charge on any atom is -0.395 e. The van der Waals surface area contributed by atoms with E-state index in [1.54, 1.807) is 0 Å². The fourth-order valence-electron chi connectivity index (χ4n) is 1.85. The average Bonchev–Trinajstić information content (AvgIpc) is 2.63. The van der Waals surface area contributed by atoms with Crippen molar-refractivity contribution in [3.8, 4) is 0 Å². The van der Waals surface area contributed by atoms with E-state index in [-0.39, 0.29) is 12.1 Å². The van der Waals surface area contributed by atoms with Gasteiger partial charge in [0.1, 0.15) is 0 Å². The fourth-order valence-corrected chi connectivity index (χ4v) is 1.85. The molecule has 0 bridgehead atoms. The summed E-state index contributed by atoms with van der Waals surface area (Å²) in [5.74, 6) is 0. The first-order chi connectivity index (χ1) is 7.94. The minimum absolute atomic E-state index is 0.151. The van der Waals surface area contributed by atoms with Gasteiger partial charge in [-0.25, -0.2) is 0 Å². The van der Waals surface area contributed by atoms with E-state index < -0.39 is 0 Å². The van der Waals surface area contributed by atoms with Crippen molar-refractivity contribution in [1.29, 1.82) is 0 Å². The van der Waals surface area contributed by atoms with Gasteiger partial charge in [0, 0.05) is 43.5 Å². The van der Waals surface area contributed by atoms with Gasteiger partial charge < -0.3 is 10.8 Å². The molecule has 3 N–H and O–H groups in total. The van der Waals surface area contributed by atoms with Crippen molar-refractivity contribution in [1.82, 2.24) is 14.7 Å². The van der Waals surface area contributed by atoms with E-state index in [4.69, 9.17) is 10.8 Å². The first-order valence-corrected chi connectivity index (χ1v) is 6.08. The number of hydrogen-bond donors (Lipinski definition) is 2. The summed E-state index contributed by atoms with van der Waals surface area (Å²) >= 11 is 0. The van der Waals surface area contributed by atoms with Gasteiger partial charge in [0.2, 0.25) is 0 Å². The molecule has 0 amide bonds. The largest absolute Gasteiger partial charge is 0.395 e. The maximum absolute atomic E-state index is 9.06. The predicted molar refractivity (Wildman–Crippen MR) is 68.5 cm³/mol. The lowest BCUT2D eigenvalue weighted by molar-refractivity contribution is 0.166. The molecule has 0 aromatic carbocycles. The molecule has 0 aliphatic carbocycles. The molecule has 0 atom stereocenters. The summed E-state index contributed by atoms with van der Waals surface area (Å²) in [5.41, 5.74) is 6.91. The molecule has 1 aromatic rings. The van der Waals surface area contributed by atoms with Crippen molar-refractivity contribution in [2.75, 3.05) is 19.7 Å². The number of nitrogens with two attached hydrogens (primary N) is 1. The number of rotatable bonds is 7. The molecule has 0 aliphatic rings. The highest BCUT2D eigenvalue weighted by molar-refractivity contribution is 5.04. The van der Waals surface area contributed by atoms with E-state index >= 15 is 0 Å². The number of aromatic nitrogens is 2. The summed E-state index contributed by atoms with van der Waals surface area (Å²) in [6.45, 7) is 9.25. The summed E-state index contributed by atoms with van der Waals surface area (Å²) in [7, 11) is 0. The maximum atomic E-state index is 9.06. The maximum Gasteiger partial charge on any atom is 0.0558 e. The second kappa shape index (κ2) is 6.14. The Morgan fingerprint density at radius 3 is 2.71 bits per heavy atom. The average molecular weight is 240 g/mol. The monoisotopic (exact) mass is 240 g/mol. The van der Waals surface area contributed by atoms with Crippen LogP contribution in [-0.4, -0.2) is 45.0 Å².